The molecule has 0 aliphatic heterocycles. The molecule has 0 fully saturated rings. The Morgan fingerprint density at radius 2 is 1.92 bits per heavy atom. The van der Waals surface area contributed by atoms with Crippen LogP contribution in [0.5, 0.6) is 0 Å². The number of aromatic nitrogens is 1. The molecule has 26 heavy (non-hydrogen) atoms. The van der Waals surface area contributed by atoms with Crippen molar-refractivity contribution in [2.24, 2.45) is 5.14 Å². The molecule has 3 aromatic rings. The highest BCUT2D eigenvalue weighted by molar-refractivity contribution is 14.1. The highest BCUT2D eigenvalue weighted by Gasteiger charge is 2.21. The zero-order valence-electron chi connectivity index (χ0n) is 12.8. The number of halogens is 3. The number of nitrogens with one attached hydrogen (secondary N) is 1. The molecule has 0 unspecified atom stereocenters. The molecule has 0 spiro atoms. The Bertz CT molecular complexity index is 1100. The molecule has 5 N–H and O–H groups in total. The number of benzene rings is 2. The molecule has 0 aliphatic carbocycles. The zero-order valence-corrected chi connectivity index (χ0v) is 16.6. The van der Waals surface area contributed by atoms with Crippen LogP contribution in [0.2, 0.25) is 5.02 Å². The van der Waals surface area contributed by atoms with Crippen LogP contribution >= 0.6 is 34.2 Å². The fraction of sp³-hybridized carbons (Fsp3) is 0. The molecular weight excluding hydrogens is 498 g/mol. The third-order valence-electron chi connectivity index (χ3n) is 3.47. The number of nitrogens with zero attached hydrogens (tertiary/aromatic N) is 1. The van der Waals surface area contributed by atoms with E-state index in [1.54, 1.807) is 18.2 Å². The number of sulfonamides is 1. The Morgan fingerprint density at radius 3 is 2.50 bits per heavy atom. The summed E-state index contributed by atoms with van der Waals surface area (Å²) in [6.07, 6.45) is 1.22. The lowest BCUT2D eigenvalue weighted by molar-refractivity contribution is 0.423. The number of rotatable bonds is 4. The summed E-state index contributed by atoms with van der Waals surface area (Å²) in [6, 6.07) is 7.28. The van der Waals surface area contributed by atoms with Gasteiger partial charge in [-0.15, -0.1) is 0 Å². The van der Waals surface area contributed by atoms with E-state index in [0.717, 1.165) is 15.7 Å². The van der Waals surface area contributed by atoms with Crippen LogP contribution < -0.4 is 16.2 Å². The monoisotopic (exact) mass is 508 g/mol. The quantitative estimate of drug-likeness (QED) is 0.462. The minimum atomic E-state index is -4.28. The molecule has 7 nitrogen and oxygen atoms in total. The Labute approximate surface area is 166 Å². The van der Waals surface area contributed by atoms with Crippen LogP contribution in [-0.4, -0.2) is 13.6 Å². The number of hydrogen-bond donors (Lipinski definition) is 3. The van der Waals surface area contributed by atoms with Crippen LogP contribution in [0, 0.1) is 9.39 Å². The average Bonchev–Trinajstić information content (AvgIpc) is 2.95. The molecule has 0 aliphatic rings. The molecule has 0 radical (unpaired) electrons. The van der Waals surface area contributed by atoms with Crippen LogP contribution in [0.15, 0.2) is 46.0 Å². The lowest BCUT2D eigenvalue weighted by Gasteiger charge is -2.15. The van der Waals surface area contributed by atoms with Crippen molar-refractivity contribution in [3.63, 3.8) is 0 Å². The van der Waals surface area contributed by atoms with Gasteiger partial charge in [-0.05, 0) is 52.9 Å². The van der Waals surface area contributed by atoms with Crippen LogP contribution in [0.3, 0.4) is 0 Å². The summed E-state index contributed by atoms with van der Waals surface area (Å²) in [5.41, 5.74) is 6.97. The van der Waals surface area contributed by atoms with Gasteiger partial charge in [0.1, 0.15) is 17.0 Å². The van der Waals surface area contributed by atoms with Crippen molar-refractivity contribution >= 4 is 61.4 Å². The van der Waals surface area contributed by atoms with E-state index in [2.05, 4.69) is 33.1 Å². The first-order valence-corrected chi connectivity index (χ1v) is 9.96. The van der Waals surface area contributed by atoms with Crippen molar-refractivity contribution in [2.75, 3.05) is 11.1 Å². The van der Waals surface area contributed by atoms with E-state index in [1.165, 1.54) is 6.26 Å². The van der Waals surface area contributed by atoms with Gasteiger partial charge in [0.25, 0.3) is 0 Å². The Balaban J connectivity index is 2.21. The van der Waals surface area contributed by atoms with Crippen LogP contribution in [0.25, 0.3) is 11.1 Å². The molecule has 3 rings (SSSR count). The molecule has 2 aromatic carbocycles. The first kappa shape index (κ1) is 18.9. The van der Waals surface area contributed by atoms with Gasteiger partial charge in [-0.25, -0.2) is 17.9 Å². The van der Waals surface area contributed by atoms with Crippen LogP contribution in [0.4, 0.5) is 21.6 Å². The summed E-state index contributed by atoms with van der Waals surface area (Å²) in [5.74, 6) is -1.01. The van der Waals surface area contributed by atoms with Crippen LogP contribution in [0.1, 0.15) is 0 Å². The van der Waals surface area contributed by atoms with Gasteiger partial charge in [-0.1, -0.05) is 16.8 Å². The van der Waals surface area contributed by atoms with E-state index in [0.29, 0.717) is 10.7 Å². The van der Waals surface area contributed by atoms with Gasteiger partial charge in [0.15, 0.2) is 5.82 Å². The summed E-state index contributed by atoms with van der Waals surface area (Å²) in [7, 11) is -4.28. The van der Waals surface area contributed by atoms with Gasteiger partial charge in [0, 0.05) is 14.8 Å². The van der Waals surface area contributed by atoms with Crippen molar-refractivity contribution in [2.45, 2.75) is 4.90 Å². The number of nitrogens with two attached hydrogens (primary N) is 2. The predicted octanol–water partition coefficient (Wildman–Crippen LogP) is 3.71. The standard InChI is InChI=1S/C15H11ClFIN4O3S/c16-10-3-7(18)1-2-12(10)21-13-5-11(17)14(26(20,23)24)4-8(13)9-6-25-22-15(9)19/h1-6,21H,(H2,19,22)(H2,20,23,24). The van der Waals surface area contributed by atoms with E-state index in [4.69, 9.17) is 27.0 Å². The molecule has 136 valence electrons. The topological polar surface area (TPSA) is 124 Å². The number of anilines is 3. The van der Waals surface area contributed by atoms with Gasteiger partial charge in [-0.2, -0.15) is 0 Å². The Kier molecular flexibility index (Phi) is 5.10. The first-order valence-electron chi connectivity index (χ1n) is 6.95. The van der Waals surface area contributed by atoms with Crippen molar-refractivity contribution in [3.8, 4) is 11.1 Å². The molecule has 1 aromatic heterocycles. The smallest absolute Gasteiger partial charge is 0.240 e. The average molecular weight is 509 g/mol. The number of hydrogen-bond acceptors (Lipinski definition) is 6. The van der Waals surface area contributed by atoms with E-state index in [1.807, 2.05) is 0 Å². The van der Waals surface area contributed by atoms with E-state index in [9.17, 15) is 12.8 Å². The van der Waals surface area contributed by atoms with Gasteiger partial charge in [0.2, 0.25) is 10.0 Å². The maximum absolute atomic E-state index is 14.3. The number of nitrogen functional groups attached to an aromatic ring is 1. The Hall–Kier alpha value is -1.89. The van der Waals surface area contributed by atoms with Gasteiger partial charge >= 0.3 is 0 Å². The highest BCUT2D eigenvalue weighted by Crippen LogP contribution is 2.38. The van der Waals surface area contributed by atoms with E-state index < -0.39 is 20.7 Å². The zero-order chi connectivity index (χ0) is 19.1. The minimum Gasteiger partial charge on any atom is -0.380 e. The van der Waals surface area contributed by atoms with Gasteiger partial charge in [0.05, 0.1) is 16.3 Å². The molecule has 0 saturated heterocycles. The van der Waals surface area contributed by atoms with E-state index >= 15 is 0 Å². The highest BCUT2D eigenvalue weighted by atomic mass is 127. The summed E-state index contributed by atoms with van der Waals surface area (Å²) in [6.45, 7) is 0. The second kappa shape index (κ2) is 7.02. The van der Waals surface area contributed by atoms with Gasteiger partial charge in [-0.3, -0.25) is 0 Å². The normalized spacial score (nSPS) is 11.5. The minimum absolute atomic E-state index is 0.00809. The summed E-state index contributed by atoms with van der Waals surface area (Å²) in [4.78, 5) is -0.674. The SMILES string of the molecule is Nc1nocc1-c1cc(S(N)(=O)=O)c(F)cc1Nc1ccc(I)cc1Cl. The second-order valence-corrected chi connectivity index (χ2v) is 8.42. The third kappa shape index (κ3) is 3.77. The van der Waals surface area contributed by atoms with E-state index in [-0.39, 0.29) is 22.6 Å². The molecule has 11 heteroatoms. The largest absolute Gasteiger partial charge is 0.380 e. The van der Waals surface area contributed by atoms with Crippen molar-refractivity contribution in [1.29, 1.82) is 0 Å². The second-order valence-electron chi connectivity index (χ2n) is 5.24. The summed E-state index contributed by atoms with van der Waals surface area (Å²) in [5, 5.41) is 12.0. The first-order chi connectivity index (χ1) is 12.2. The van der Waals surface area contributed by atoms with Crippen molar-refractivity contribution in [1.82, 2.24) is 5.16 Å². The number of primary sulfonamides is 1. The Morgan fingerprint density at radius 1 is 1.19 bits per heavy atom. The van der Waals surface area contributed by atoms with Crippen molar-refractivity contribution < 1.29 is 17.3 Å². The van der Waals surface area contributed by atoms with Crippen LogP contribution in [-0.2, 0) is 10.0 Å². The van der Waals surface area contributed by atoms with Crippen molar-refractivity contribution in [3.05, 3.63) is 51.0 Å². The molecule has 0 atom stereocenters. The van der Waals surface area contributed by atoms with Gasteiger partial charge < -0.3 is 15.6 Å². The predicted molar refractivity (Wildman–Crippen MR) is 105 cm³/mol. The molecule has 1 heterocycles. The maximum atomic E-state index is 14.3. The summed E-state index contributed by atoms with van der Waals surface area (Å²) < 4.78 is 43.3. The molecule has 0 bridgehead atoms. The molecule has 0 saturated carbocycles. The lowest BCUT2D eigenvalue weighted by atomic mass is 10.1. The maximum Gasteiger partial charge on any atom is 0.240 e. The third-order valence-corrected chi connectivity index (χ3v) is 5.38. The fourth-order valence-electron chi connectivity index (χ4n) is 2.28. The lowest BCUT2D eigenvalue weighted by Crippen LogP contribution is -2.14. The fourth-order valence-corrected chi connectivity index (χ4v) is 3.80. The molecule has 0 amide bonds. The molecular formula is C15H11ClFIN4O3S. The summed E-state index contributed by atoms with van der Waals surface area (Å²) >= 11 is 8.30.